The van der Waals surface area contributed by atoms with Crippen molar-refractivity contribution in [2.75, 3.05) is 13.7 Å². The molecule has 1 aromatic carbocycles. The summed E-state index contributed by atoms with van der Waals surface area (Å²) in [7, 11) is 1.56. The van der Waals surface area contributed by atoms with Crippen molar-refractivity contribution >= 4 is 33.6 Å². The van der Waals surface area contributed by atoms with Crippen molar-refractivity contribution in [3.8, 4) is 0 Å². The first-order valence-electron chi connectivity index (χ1n) is 8.90. The van der Waals surface area contributed by atoms with Crippen molar-refractivity contribution in [3.63, 3.8) is 0 Å². The van der Waals surface area contributed by atoms with Crippen LogP contribution in [0.15, 0.2) is 54.1 Å². The van der Waals surface area contributed by atoms with E-state index in [-0.39, 0.29) is 5.56 Å². The second-order valence-corrected chi connectivity index (χ2v) is 6.74. The summed E-state index contributed by atoms with van der Waals surface area (Å²) in [5, 5.41) is 0.847. The first-order chi connectivity index (χ1) is 13.5. The minimum absolute atomic E-state index is 0.157. The largest absolute Gasteiger partial charge is 0.505 e. The smallest absolute Gasteiger partial charge is 0.338 e. The molecule has 2 aromatic rings. The molecule has 0 amide bonds. The second-order valence-electron chi connectivity index (χ2n) is 5.67. The van der Waals surface area contributed by atoms with Crippen LogP contribution in [-0.4, -0.2) is 29.5 Å². The lowest BCUT2D eigenvalue weighted by Gasteiger charge is -2.00. The van der Waals surface area contributed by atoms with Crippen LogP contribution in [0.5, 0.6) is 0 Å². The molecule has 0 spiro atoms. The highest BCUT2D eigenvalue weighted by Gasteiger charge is 2.10. The van der Waals surface area contributed by atoms with Gasteiger partial charge in [-0.05, 0) is 31.5 Å². The van der Waals surface area contributed by atoms with E-state index >= 15 is 0 Å². The number of aromatic nitrogens is 1. The van der Waals surface area contributed by atoms with Crippen LogP contribution >= 0.6 is 11.5 Å². The quantitative estimate of drug-likeness (QED) is 0.328. The van der Waals surface area contributed by atoms with Crippen molar-refractivity contribution in [2.45, 2.75) is 32.2 Å². The van der Waals surface area contributed by atoms with Gasteiger partial charge in [-0.1, -0.05) is 43.1 Å². The Labute approximate surface area is 168 Å². The summed E-state index contributed by atoms with van der Waals surface area (Å²) in [6.07, 6.45) is 8.01. The molecule has 0 fully saturated rings. The SMILES string of the molecule is C=COC.NCCCCCCn1sc2ccccc2c1=O.O=C1C=CC(=O)O1. The number of methoxy groups -OCH3 is 1. The van der Waals surface area contributed by atoms with Crippen molar-refractivity contribution in [2.24, 2.45) is 5.73 Å². The fourth-order valence-corrected chi connectivity index (χ4v) is 3.25. The van der Waals surface area contributed by atoms with Gasteiger partial charge in [0.2, 0.25) is 0 Å². The predicted molar refractivity (Wildman–Crippen MR) is 111 cm³/mol. The number of ether oxygens (including phenoxy) is 2. The molecule has 0 radical (unpaired) electrons. The number of rotatable bonds is 7. The molecule has 3 rings (SSSR count). The third-order valence-corrected chi connectivity index (χ3v) is 4.71. The number of fused-ring (bicyclic) bond motifs is 1. The van der Waals surface area contributed by atoms with Gasteiger partial charge in [-0.3, -0.25) is 8.75 Å². The van der Waals surface area contributed by atoms with Crippen molar-refractivity contribution in [3.05, 3.63) is 59.6 Å². The molecule has 1 aliphatic rings. The first-order valence-corrected chi connectivity index (χ1v) is 9.67. The number of hydrogen-bond donors (Lipinski definition) is 1. The van der Waals surface area contributed by atoms with Crippen LogP contribution in [-0.2, 0) is 25.6 Å². The molecule has 0 unspecified atom stereocenters. The normalized spacial score (nSPS) is 11.9. The fourth-order valence-electron chi connectivity index (χ4n) is 2.22. The fraction of sp³-hybridized carbons (Fsp3) is 0.350. The molecule has 0 saturated heterocycles. The third kappa shape index (κ3) is 8.32. The molecule has 1 aliphatic heterocycles. The van der Waals surface area contributed by atoms with Gasteiger partial charge in [0, 0.05) is 18.7 Å². The number of nitrogens with zero attached hydrogens (tertiary/aromatic N) is 1. The van der Waals surface area contributed by atoms with Gasteiger partial charge in [0.1, 0.15) is 0 Å². The zero-order valence-corrected chi connectivity index (χ0v) is 16.8. The molecule has 0 atom stereocenters. The van der Waals surface area contributed by atoms with Gasteiger partial charge in [-0.2, -0.15) is 0 Å². The van der Waals surface area contributed by atoms with E-state index in [0.717, 1.165) is 61.0 Å². The van der Waals surface area contributed by atoms with E-state index in [0.29, 0.717) is 0 Å². The van der Waals surface area contributed by atoms with Gasteiger partial charge >= 0.3 is 11.9 Å². The number of carbonyl (C=O) groups excluding carboxylic acids is 2. The zero-order valence-electron chi connectivity index (χ0n) is 16.0. The molecular weight excluding hydrogens is 380 g/mol. The van der Waals surface area contributed by atoms with Gasteiger partial charge < -0.3 is 15.2 Å². The Morgan fingerprint density at radius 1 is 1.11 bits per heavy atom. The average Bonchev–Trinajstić information content (AvgIpc) is 3.24. The average molecular weight is 407 g/mol. The number of cyclic esters (lactones) is 2. The topological polar surface area (TPSA) is 101 Å². The minimum atomic E-state index is -0.579. The van der Waals surface area contributed by atoms with E-state index in [4.69, 9.17) is 5.73 Å². The summed E-state index contributed by atoms with van der Waals surface area (Å²) in [6, 6.07) is 7.80. The van der Waals surface area contributed by atoms with Crippen molar-refractivity contribution < 1.29 is 19.1 Å². The van der Waals surface area contributed by atoms with Gasteiger partial charge in [-0.15, -0.1) is 0 Å². The van der Waals surface area contributed by atoms with Crippen LogP contribution in [0.25, 0.3) is 10.1 Å². The number of hydrogen-bond acceptors (Lipinski definition) is 7. The summed E-state index contributed by atoms with van der Waals surface area (Å²) in [6.45, 7) is 4.86. The van der Waals surface area contributed by atoms with Crippen LogP contribution in [0, 0.1) is 0 Å². The second kappa shape index (κ2) is 13.5. The summed E-state index contributed by atoms with van der Waals surface area (Å²) >= 11 is 1.57. The lowest BCUT2D eigenvalue weighted by atomic mass is 10.2. The molecule has 8 heteroatoms. The summed E-state index contributed by atoms with van der Waals surface area (Å²) in [4.78, 5) is 31.8. The molecule has 2 heterocycles. The van der Waals surface area contributed by atoms with Crippen LogP contribution < -0.4 is 11.3 Å². The highest BCUT2D eigenvalue weighted by Crippen LogP contribution is 2.16. The number of nitrogens with two attached hydrogens (primary N) is 1. The summed E-state index contributed by atoms with van der Waals surface area (Å²) in [5.74, 6) is -1.16. The number of unbranched alkanes of at least 4 members (excludes halogenated alkanes) is 3. The summed E-state index contributed by atoms with van der Waals surface area (Å²) < 4.78 is 11.2. The predicted octanol–water partition coefficient (Wildman–Crippen LogP) is 2.98. The Hall–Kier alpha value is -2.71. The number of aryl methyl sites for hydroxylation is 1. The van der Waals surface area contributed by atoms with Gasteiger partial charge in [0.15, 0.2) is 0 Å². The molecule has 152 valence electrons. The van der Waals surface area contributed by atoms with Gasteiger partial charge in [0.05, 0.1) is 23.5 Å². The molecule has 0 bridgehead atoms. The lowest BCUT2D eigenvalue weighted by molar-refractivity contribution is -0.150. The maximum atomic E-state index is 12.0. The van der Waals surface area contributed by atoms with Gasteiger partial charge in [-0.25, -0.2) is 9.59 Å². The molecule has 7 nitrogen and oxygen atoms in total. The minimum Gasteiger partial charge on any atom is -0.505 e. The zero-order chi connectivity index (χ0) is 20.8. The maximum absolute atomic E-state index is 12.0. The van der Waals surface area contributed by atoms with E-state index in [2.05, 4.69) is 16.1 Å². The lowest BCUT2D eigenvalue weighted by Crippen LogP contribution is -2.12. The Balaban J connectivity index is 0.000000293. The highest BCUT2D eigenvalue weighted by atomic mass is 32.1. The van der Waals surface area contributed by atoms with E-state index < -0.39 is 11.9 Å². The Kier molecular flexibility index (Phi) is 11.2. The first kappa shape index (κ1) is 23.3. The number of benzene rings is 1. The van der Waals surface area contributed by atoms with Crippen molar-refractivity contribution in [1.29, 1.82) is 0 Å². The van der Waals surface area contributed by atoms with Crippen LogP contribution in [0.2, 0.25) is 0 Å². The van der Waals surface area contributed by atoms with E-state index in [1.165, 1.54) is 6.26 Å². The van der Waals surface area contributed by atoms with E-state index in [1.54, 1.807) is 18.6 Å². The number of carbonyl (C=O) groups is 2. The maximum Gasteiger partial charge on any atom is 0.338 e. The standard InChI is InChI=1S/C13H18N2OS.C4H2O3.C3H6O/c14-9-5-1-2-6-10-15-13(16)11-7-3-4-8-12(11)17-15;5-3-1-2-4(6)7-3;1-3-4-2/h3-4,7-8H,1-2,5-6,9-10,14H2;1-2H;3H,1H2,2H3. The molecule has 0 saturated carbocycles. The van der Waals surface area contributed by atoms with Crippen LogP contribution in [0.4, 0.5) is 0 Å². The van der Waals surface area contributed by atoms with Crippen molar-refractivity contribution in [1.82, 2.24) is 3.96 Å². The van der Waals surface area contributed by atoms with Crippen LogP contribution in [0.1, 0.15) is 25.7 Å². The molecular formula is C20H26N2O5S. The molecule has 0 aliphatic carbocycles. The monoisotopic (exact) mass is 406 g/mol. The molecule has 2 N–H and O–H groups in total. The highest BCUT2D eigenvalue weighted by molar-refractivity contribution is 7.13. The van der Waals surface area contributed by atoms with Gasteiger partial charge in [0.25, 0.3) is 5.56 Å². The molecule has 28 heavy (non-hydrogen) atoms. The summed E-state index contributed by atoms with van der Waals surface area (Å²) in [5.41, 5.74) is 5.60. The molecule has 1 aromatic heterocycles. The van der Waals surface area contributed by atoms with Crippen LogP contribution in [0.3, 0.4) is 0 Å². The Morgan fingerprint density at radius 3 is 2.21 bits per heavy atom. The van der Waals surface area contributed by atoms with E-state index in [1.807, 2.05) is 28.2 Å². The Bertz CT molecular complexity index is 838. The third-order valence-electron chi connectivity index (χ3n) is 3.59. The van der Waals surface area contributed by atoms with E-state index in [9.17, 15) is 14.4 Å². The number of esters is 2. The Morgan fingerprint density at radius 2 is 1.71 bits per heavy atom.